The molecule has 1 aliphatic heterocycles. The highest BCUT2D eigenvalue weighted by molar-refractivity contribution is 6.06. The number of rotatable bonds is 7. The molecular weight excluding hydrogens is 402 g/mol. The molecule has 0 atom stereocenters. The number of nitrogens with one attached hydrogen (secondary N) is 1. The van der Waals surface area contributed by atoms with Crippen LogP contribution in [0.25, 0.3) is 11.3 Å². The minimum Gasteiger partial charge on any atom is -0.443 e. The van der Waals surface area contributed by atoms with Gasteiger partial charge in [0.05, 0.1) is 11.9 Å². The molecule has 0 bridgehead atoms. The van der Waals surface area contributed by atoms with Crippen LogP contribution < -0.4 is 10.2 Å². The Hall–Kier alpha value is -3.87. The van der Waals surface area contributed by atoms with Gasteiger partial charge >= 0.3 is 0 Å². The van der Waals surface area contributed by atoms with Gasteiger partial charge in [0.2, 0.25) is 0 Å². The van der Waals surface area contributed by atoms with Crippen LogP contribution in [0.5, 0.6) is 0 Å². The molecule has 5 rings (SSSR count). The average molecular weight is 428 g/mol. The van der Waals surface area contributed by atoms with Crippen LogP contribution in [0.1, 0.15) is 28.0 Å². The SMILES string of the molecule is Cc1cccc(-c2ocnc2C(=O)Nc2cnn(CCCN3CCc4ccccc43)c2)c1. The maximum absolute atomic E-state index is 12.8. The molecule has 3 heterocycles. The predicted molar refractivity (Wildman–Crippen MR) is 124 cm³/mol. The fourth-order valence-electron chi connectivity index (χ4n) is 4.20. The van der Waals surface area contributed by atoms with Gasteiger partial charge in [-0.25, -0.2) is 4.98 Å². The number of carbonyl (C=O) groups excluding carboxylic acids is 1. The van der Waals surface area contributed by atoms with Gasteiger partial charge in [-0.2, -0.15) is 5.10 Å². The topological polar surface area (TPSA) is 76.2 Å². The summed E-state index contributed by atoms with van der Waals surface area (Å²) in [6.07, 6.45) is 6.90. The number of anilines is 2. The predicted octanol–water partition coefficient (Wildman–Crippen LogP) is 4.55. The van der Waals surface area contributed by atoms with Crippen molar-refractivity contribution in [3.8, 4) is 11.3 Å². The number of amides is 1. The van der Waals surface area contributed by atoms with Crippen LogP contribution in [0, 0.1) is 6.92 Å². The van der Waals surface area contributed by atoms with E-state index in [1.165, 1.54) is 17.6 Å². The quantitative estimate of drug-likeness (QED) is 0.468. The number of aryl methyl sites for hydroxylation is 2. The lowest BCUT2D eigenvalue weighted by molar-refractivity contribution is 0.102. The van der Waals surface area contributed by atoms with Gasteiger partial charge in [0.15, 0.2) is 17.8 Å². The van der Waals surface area contributed by atoms with E-state index in [1.807, 2.05) is 42.1 Å². The summed E-state index contributed by atoms with van der Waals surface area (Å²) in [5.41, 5.74) is 5.58. The number of benzene rings is 2. The van der Waals surface area contributed by atoms with Crippen LogP contribution in [0.15, 0.2) is 71.7 Å². The number of nitrogens with zero attached hydrogens (tertiary/aromatic N) is 4. The van der Waals surface area contributed by atoms with Gasteiger partial charge in [0, 0.05) is 37.1 Å². The molecule has 7 nitrogen and oxygen atoms in total. The summed E-state index contributed by atoms with van der Waals surface area (Å²) >= 11 is 0. The van der Waals surface area contributed by atoms with Gasteiger partial charge in [-0.3, -0.25) is 9.48 Å². The first-order chi connectivity index (χ1) is 15.7. The third-order valence-electron chi connectivity index (χ3n) is 5.75. The second-order valence-corrected chi connectivity index (χ2v) is 8.07. The first kappa shape index (κ1) is 20.1. The maximum Gasteiger partial charge on any atom is 0.278 e. The van der Waals surface area contributed by atoms with Crippen molar-refractivity contribution in [2.75, 3.05) is 23.3 Å². The normalized spacial score (nSPS) is 12.7. The van der Waals surface area contributed by atoms with E-state index in [2.05, 4.69) is 44.6 Å². The van der Waals surface area contributed by atoms with E-state index in [0.29, 0.717) is 11.4 Å². The zero-order chi connectivity index (χ0) is 21.9. The summed E-state index contributed by atoms with van der Waals surface area (Å²) in [6.45, 7) is 4.83. The number of carbonyl (C=O) groups is 1. The maximum atomic E-state index is 12.8. The van der Waals surface area contributed by atoms with Gasteiger partial charge in [-0.1, -0.05) is 42.0 Å². The zero-order valence-electron chi connectivity index (χ0n) is 18.0. The van der Waals surface area contributed by atoms with Crippen LogP contribution in [-0.2, 0) is 13.0 Å². The lowest BCUT2D eigenvalue weighted by Gasteiger charge is -2.19. The van der Waals surface area contributed by atoms with E-state index in [-0.39, 0.29) is 11.6 Å². The molecule has 0 fully saturated rings. The fourth-order valence-corrected chi connectivity index (χ4v) is 4.20. The molecule has 162 valence electrons. The lowest BCUT2D eigenvalue weighted by atomic mass is 10.1. The molecule has 0 radical (unpaired) electrons. The van der Waals surface area contributed by atoms with Gasteiger partial charge < -0.3 is 14.6 Å². The first-order valence-corrected chi connectivity index (χ1v) is 10.8. The molecule has 2 aromatic carbocycles. The van der Waals surface area contributed by atoms with Crippen molar-refractivity contribution >= 4 is 17.3 Å². The van der Waals surface area contributed by atoms with Gasteiger partial charge in [0.1, 0.15) is 0 Å². The number of hydrogen-bond donors (Lipinski definition) is 1. The summed E-state index contributed by atoms with van der Waals surface area (Å²) in [7, 11) is 0. The van der Waals surface area contributed by atoms with E-state index >= 15 is 0 Å². The molecule has 2 aromatic heterocycles. The Balaban J connectivity index is 1.18. The second-order valence-electron chi connectivity index (χ2n) is 8.07. The molecule has 1 aliphatic rings. The molecular formula is C25H25N5O2. The van der Waals surface area contributed by atoms with Gasteiger partial charge in [0.25, 0.3) is 5.91 Å². The minimum atomic E-state index is -0.316. The molecule has 4 aromatic rings. The molecule has 32 heavy (non-hydrogen) atoms. The van der Waals surface area contributed by atoms with Crippen LogP contribution in [0.3, 0.4) is 0 Å². The van der Waals surface area contributed by atoms with E-state index < -0.39 is 0 Å². The standard InChI is InChI=1S/C25H25N5O2/c1-18-6-4-8-20(14-18)24-23(26-17-32-24)25(31)28-21-15-27-30(16-21)12-5-11-29-13-10-19-7-2-3-9-22(19)29/h2-4,6-9,14-17H,5,10-13H2,1H3,(H,28,31). The highest BCUT2D eigenvalue weighted by Gasteiger charge is 2.20. The van der Waals surface area contributed by atoms with E-state index in [9.17, 15) is 4.79 Å². The number of oxazole rings is 1. The van der Waals surface area contributed by atoms with E-state index in [0.717, 1.165) is 43.6 Å². The Bertz CT molecular complexity index is 1240. The zero-order valence-corrected chi connectivity index (χ0v) is 18.0. The van der Waals surface area contributed by atoms with Crippen molar-refractivity contribution in [3.05, 3.63) is 84.1 Å². The molecule has 1 amide bonds. The third-order valence-corrected chi connectivity index (χ3v) is 5.75. The smallest absolute Gasteiger partial charge is 0.278 e. The molecule has 0 unspecified atom stereocenters. The van der Waals surface area contributed by atoms with Crippen molar-refractivity contribution < 1.29 is 9.21 Å². The Morgan fingerprint density at radius 1 is 1.16 bits per heavy atom. The average Bonchev–Trinajstić information content (AvgIpc) is 3.54. The largest absolute Gasteiger partial charge is 0.443 e. The summed E-state index contributed by atoms with van der Waals surface area (Å²) in [5.74, 6) is 0.146. The van der Waals surface area contributed by atoms with E-state index in [1.54, 1.807) is 6.20 Å². The van der Waals surface area contributed by atoms with Crippen LogP contribution in [0.4, 0.5) is 11.4 Å². The summed E-state index contributed by atoms with van der Waals surface area (Å²) < 4.78 is 7.36. The number of hydrogen-bond acceptors (Lipinski definition) is 5. The molecule has 1 N–H and O–H groups in total. The minimum absolute atomic E-state index is 0.260. The monoisotopic (exact) mass is 427 g/mol. The molecule has 0 saturated carbocycles. The summed E-state index contributed by atoms with van der Waals surface area (Å²) in [4.78, 5) is 19.3. The van der Waals surface area contributed by atoms with Crippen molar-refractivity contribution in [1.29, 1.82) is 0 Å². The molecule has 7 heteroatoms. The van der Waals surface area contributed by atoms with Gasteiger partial charge in [-0.05, 0) is 37.5 Å². The van der Waals surface area contributed by atoms with Crippen molar-refractivity contribution in [1.82, 2.24) is 14.8 Å². The van der Waals surface area contributed by atoms with E-state index in [4.69, 9.17) is 4.42 Å². The lowest BCUT2D eigenvalue weighted by Crippen LogP contribution is -2.22. The third kappa shape index (κ3) is 4.14. The molecule has 0 aliphatic carbocycles. The van der Waals surface area contributed by atoms with Crippen molar-refractivity contribution in [2.24, 2.45) is 0 Å². The number of para-hydroxylation sites is 1. The number of aromatic nitrogens is 3. The highest BCUT2D eigenvalue weighted by Crippen LogP contribution is 2.27. The molecule has 0 spiro atoms. The second kappa shape index (κ2) is 8.70. The van der Waals surface area contributed by atoms with Crippen LogP contribution >= 0.6 is 0 Å². The summed E-state index contributed by atoms with van der Waals surface area (Å²) in [6, 6.07) is 16.4. The Morgan fingerprint density at radius 3 is 2.97 bits per heavy atom. The van der Waals surface area contributed by atoms with Crippen LogP contribution in [0.2, 0.25) is 0 Å². The van der Waals surface area contributed by atoms with Crippen molar-refractivity contribution in [3.63, 3.8) is 0 Å². The Labute approximate surface area is 186 Å². The van der Waals surface area contributed by atoms with Gasteiger partial charge in [-0.15, -0.1) is 0 Å². The summed E-state index contributed by atoms with van der Waals surface area (Å²) in [5, 5.41) is 7.27. The first-order valence-electron chi connectivity index (χ1n) is 10.8. The molecule has 0 saturated heterocycles. The fraction of sp³-hybridized carbons (Fsp3) is 0.240. The Kier molecular flexibility index (Phi) is 5.46. The number of fused-ring (bicyclic) bond motifs is 1. The van der Waals surface area contributed by atoms with Crippen LogP contribution in [-0.4, -0.2) is 33.8 Å². The Morgan fingerprint density at radius 2 is 2.06 bits per heavy atom. The van der Waals surface area contributed by atoms with Crippen molar-refractivity contribution in [2.45, 2.75) is 26.3 Å². The highest BCUT2D eigenvalue weighted by atomic mass is 16.3.